The lowest BCUT2D eigenvalue weighted by molar-refractivity contribution is -0.137. The van der Waals surface area contributed by atoms with Crippen molar-refractivity contribution >= 4 is 22.7 Å². The van der Waals surface area contributed by atoms with Crippen LogP contribution in [0.1, 0.15) is 46.1 Å². The van der Waals surface area contributed by atoms with Crippen LogP contribution >= 0.6 is 0 Å². The van der Waals surface area contributed by atoms with E-state index >= 15 is 0 Å². The third kappa shape index (κ3) is 4.59. The summed E-state index contributed by atoms with van der Waals surface area (Å²) in [5.41, 5.74) is 1.10. The third-order valence-electron chi connectivity index (χ3n) is 5.66. The van der Waals surface area contributed by atoms with Gasteiger partial charge in [-0.15, -0.1) is 0 Å². The molecule has 166 valence electrons. The number of fused-ring (bicyclic) bond motifs is 1. The van der Waals surface area contributed by atoms with Gasteiger partial charge in [-0.3, -0.25) is 14.6 Å². The Morgan fingerprint density at radius 1 is 1.16 bits per heavy atom. The maximum atomic E-state index is 13.3. The Balaban J connectivity index is 1.67. The van der Waals surface area contributed by atoms with Crippen molar-refractivity contribution in [1.82, 2.24) is 15.2 Å². The van der Waals surface area contributed by atoms with Crippen LogP contribution in [-0.4, -0.2) is 34.8 Å². The first kappa shape index (κ1) is 21.8. The number of alkyl halides is 3. The first-order chi connectivity index (χ1) is 15.2. The van der Waals surface area contributed by atoms with E-state index in [0.717, 1.165) is 23.0 Å². The number of hydrogen-bond donors (Lipinski definition) is 1. The second-order valence-corrected chi connectivity index (χ2v) is 7.91. The highest BCUT2D eigenvalue weighted by Crippen LogP contribution is 2.31. The molecule has 0 aliphatic carbocycles. The van der Waals surface area contributed by atoms with Gasteiger partial charge in [-0.25, -0.2) is 0 Å². The lowest BCUT2D eigenvalue weighted by Crippen LogP contribution is -2.39. The minimum atomic E-state index is -4.51. The van der Waals surface area contributed by atoms with Crippen molar-refractivity contribution in [1.29, 1.82) is 0 Å². The SMILES string of the molecule is Cc1nc2ccccc2cc1C(=O)NC(CN1CCCC1=O)c1cccc(C(F)(F)F)c1. The van der Waals surface area contributed by atoms with E-state index < -0.39 is 23.7 Å². The molecule has 0 spiro atoms. The second kappa shape index (κ2) is 8.61. The lowest BCUT2D eigenvalue weighted by atomic mass is 10.0. The Labute approximate surface area is 183 Å². The number of likely N-dealkylation sites (tertiary alicyclic amines) is 1. The molecule has 1 fully saturated rings. The molecule has 0 bridgehead atoms. The first-order valence-corrected chi connectivity index (χ1v) is 10.3. The van der Waals surface area contributed by atoms with Gasteiger partial charge in [-0.1, -0.05) is 30.3 Å². The molecule has 0 radical (unpaired) electrons. The van der Waals surface area contributed by atoms with Gasteiger partial charge < -0.3 is 10.2 Å². The number of pyridine rings is 1. The van der Waals surface area contributed by atoms with Gasteiger partial charge in [0, 0.05) is 24.9 Å². The van der Waals surface area contributed by atoms with Gasteiger partial charge in [0.15, 0.2) is 0 Å². The Hall–Kier alpha value is -3.42. The van der Waals surface area contributed by atoms with E-state index in [1.54, 1.807) is 17.9 Å². The quantitative estimate of drug-likeness (QED) is 0.627. The minimum absolute atomic E-state index is 0.0697. The van der Waals surface area contributed by atoms with E-state index in [4.69, 9.17) is 0 Å². The molecule has 3 aromatic rings. The Kier molecular flexibility index (Phi) is 5.86. The van der Waals surface area contributed by atoms with Gasteiger partial charge in [-0.2, -0.15) is 13.2 Å². The average Bonchev–Trinajstić information content (AvgIpc) is 3.16. The highest BCUT2D eigenvalue weighted by molar-refractivity contribution is 5.98. The zero-order valence-electron chi connectivity index (χ0n) is 17.4. The maximum absolute atomic E-state index is 13.3. The molecule has 0 saturated carbocycles. The van der Waals surface area contributed by atoms with E-state index in [2.05, 4.69) is 10.3 Å². The predicted molar refractivity (Wildman–Crippen MR) is 114 cm³/mol. The van der Waals surface area contributed by atoms with Crippen LogP contribution in [-0.2, 0) is 11.0 Å². The monoisotopic (exact) mass is 441 g/mol. The molecular formula is C24H22F3N3O2. The largest absolute Gasteiger partial charge is 0.416 e. The topological polar surface area (TPSA) is 62.3 Å². The Morgan fingerprint density at radius 3 is 2.66 bits per heavy atom. The van der Waals surface area contributed by atoms with Crippen molar-refractivity contribution in [2.45, 2.75) is 32.0 Å². The van der Waals surface area contributed by atoms with Crippen molar-refractivity contribution in [2.75, 3.05) is 13.1 Å². The summed E-state index contributed by atoms with van der Waals surface area (Å²) in [7, 11) is 0. The highest BCUT2D eigenvalue weighted by atomic mass is 19.4. The van der Waals surface area contributed by atoms with Crippen LogP contribution in [0, 0.1) is 6.92 Å². The number of benzene rings is 2. The molecule has 2 amide bonds. The summed E-state index contributed by atoms with van der Waals surface area (Å²) in [4.78, 5) is 31.3. The average molecular weight is 441 g/mol. The molecule has 1 aliphatic rings. The molecule has 1 aliphatic heterocycles. The zero-order valence-corrected chi connectivity index (χ0v) is 17.4. The molecule has 8 heteroatoms. The molecule has 1 saturated heterocycles. The number of hydrogen-bond acceptors (Lipinski definition) is 3. The van der Waals surface area contributed by atoms with Gasteiger partial charge >= 0.3 is 6.18 Å². The number of carbonyl (C=O) groups is 2. The van der Waals surface area contributed by atoms with Crippen LogP contribution in [0.4, 0.5) is 13.2 Å². The number of amides is 2. The van der Waals surface area contributed by atoms with Crippen LogP contribution in [0.5, 0.6) is 0 Å². The molecule has 1 atom stereocenters. The van der Waals surface area contributed by atoms with Crippen molar-refractivity contribution in [3.63, 3.8) is 0 Å². The Morgan fingerprint density at radius 2 is 1.94 bits per heavy atom. The third-order valence-corrected chi connectivity index (χ3v) is 5.66. The number of para-hydroxylation sites is 1. The normalized spacial score (nSPS) is 15.2. The van der Waals surface area contributed by atoms with Crippen LogP contribution < -0.4 is 5.32 Å². The summed E-state index contributed by atoms with van der Waals surface area (Å²) in [6.45, 7) is 2.33. The maximum Gasteiger partial charge on any atom is 0.416 e. The number of rotatable bonds is 5. The van der Waals surface area contributed by atoms with Crippen LogP contribution in [0.2, 0.25) is 0 Å². The number of aryl methyl sites for hydroxylation is 1. The summed E-state index contributed by atoms with van der Waals surface area (Å²) >= 11 is 0. The number of aromatic nitrogens is 1. The summed E-state index contributed by atoms with van der Waals surface area (Å²) in [6.07, 6.45) is -3.42. The second-order valence-electron chi connectivity index (χ2n) is 7.91. The van der Waals surface area contributed by atoms with E-state index in [1.165, 1.54) is 12.1 Å². The number of carbonyl (C=O) groups excluding carboxylic acids is 2. The fourth-order valence-corrected chi connectivity index (χ4v) is 3.96. The van der Waals surface area contributed by atoms with Crippen molar-refractivity contribution in [3.05, 3.63) is 77.0 Å². The molecule has 2 heterocycles. The fourth-order valence-electron chi connectivity index (χ4n) is 3.96. The van der Waals surface area contributed by atoms with Crippen molar-refractivity contribution < 1.29 is 22.8 Å². The molecule has 5 nitrogen and oxygen atoms in total. The molecule has 2 aromatic carbocycles. The van der Waals surface area contributed by atoms with Gasteiger partial charge in [0.25, 0.3) is 5.91 Å². The van der Waals surface area contributed by atoms with E-state index in [0.29, 0.717) is 36.2 Å². The highest BCUT2D eigenvalue weighted by Gasteiger charge is 2.32. The van der Waals surface area contributed by atoms with Crippen LogP contribution in [0.25, 0.3) is 10.9 Å². The van der Waals surface area contributed by atoms with Gasteiger partial charge in [0.1, 0.15) is 0 Å². The zero-order chi connectivity index (χ0) is 22.9. The van der Waals surface area contributed by atoms with Gasteiger partial charge in [0.05, 0.1) is 28.4 Å². The molecule has 4 rings (SSSR count). The lowest BCUT2D eigenvalue weighted by Gasteiger charge is -2.26. The molecule has 1 unspecified atom stereocenters. The molecule has 1 N–H and O–H groups in total. The van der Waals surface area contributed by atoms with Crippen molar-refractivity contribution in [2.24, 2.45) is 0 Å². The summed E-state index contributed by atoms with van der Waals surface area (Å²) < 4.78 is 39.8. The Bertz CT molecular complexity index is 1180. The van der Waals surface area contributed by atoms with Gasteiger partial charge in [-0.05, 0) is 43.2 Å². The van der Waals surface area contributed by atoms with Crippen molar-refractivity contribution in [3.8, 4) is 0 Å². The van der Waals surface area contributed by atoms with E-state index in [-0.39, 0.29) is 12.5 Å². The summed E-state index contributed by atoms with van der Waals surface area (Å²) in [6, 6.07) is 13.2. The standard InChI is InChI=1S/C24H22F3N3O2/c1-15-19(13-17-6-2-3-9-20(17)28-15)23(32)29-21(14-30-11-5-10-22(30)31)16-7-4-8-18(12-16)24(25,26)27/h2-4,6-9,12-13,21H,5,10-11,14H2,1H3,(H,29,32). The molecule has 1 aromatic heterocycles. The smallest absolute Gasteiger partial charge is 0.343 e. The van der Waals surface area contributed by atoms with E-state index in [9.17, 15) is 22.8 Å². The summed E-state index contributed by atoms with van der Waals surface area (Å²) in [5, 5.41) is 3.63. The predicted octanol–water partition coefficient (Wildman–Crippen LogP) is 4.66. The number of nitrogens with zero attached hydrogens (tertiary/aromatic N) is 2. The van der Waals surface area contributed by atoms with Crippen LogP contribution in [0.3, 0.4) is 0 Å². The first-order valence-electron chi connectivity index (χ1n) is 10.3. The molecular weight excluding hydrogens is 419 g/mol. The fraction of sp³-hybridized carbons (Fsp3) is 0.292. The number of nitrogens with one attached hydrogen (secondary N) is 1. The minimum Gasteiger partial charge on any atom is -0.343 e. The van der Waals surface area contributed by atoms with E-state index in [1.807, 2.05) is 24.3 Å². The van der Waals surface area contributed by atoms with Crippen LogP contribution in [0.15, 0.2) is 54.6 Å². The summed E-state index contributed by atoms with van der Waals surface area (Å²) in [5.74, 6) is -0.519. The van der Waals surface area contributed by atoms with Gasteiger partial charge in [0.2, 0.25) is 5.91 Å². The number of halogens is 3. The molecule has 32 heavy (non-hydrogen) atoms.